The molecule has 16 heavy (non-hydrogen) atoms. The quantitative estimate of drug-likeness (QED) is 0.491. The zero-order chi connectivity index (χ0) is 11.6. The van der Waals surface area contributed by atoms with E-state index in [0.717, 1.165) is 39.3 Å². The van der Waals surface area contributed by atoms with Crippen LogP contribution in [0.1, 0.15) is 6.42 Å². The maximum absolute atomic E-state index is 11.0. The van der Waals surface area contributed by atoms with Crippen LogP contribution >= 0.6 is 0 Å². The Morgan fingerprint density at radius 2 is 2.12 bits per heavy atom. The summed E-state index contributed by atoms with van der Waals surface area (Å²) in [5, 5.41) is 13.4. The molecular weight excluding hydrogens is 208 g/mol. The Morgan fingerprint density at radius 3 is 2.81 bits per heavy atom. The van der Waals surface area contributed by atoms with E-state index in [1.165, 1.54) is 0 Å². The molecule has 0 aromatic carbocycles. The van der Waals surface area contributed by atoms with Gasteiger partial charge in [0.25, 0.3) is 0 Å². The van der Waals surface area contributed by atoms with Gasteiger partial charge in [-0.05, 0) is 13.0 Å². The topological polar surface area (TPSA) is 77.4 Å². The van der Waals surface area contributed by atoms with Crippen LogP contribution in [-0.4, -0.2) is 56.9 Å². The molecule has 0 bridgehead atoms. The molecule has 1 aliphatic heterocycles. The van der Waals surface area contributed by atoms with Crippen molar-refractivity contribution in [3.63, 3.8) is 0 Å². The first-order chi connectivity index (χ1) is 7.83. The van der Waals surface area contributed by atoms with Crippen LogP contribution < -0.4 is 10.6 Å². The number of carbonyl (C=O) groups is 1. The van der Waals surface area contributed by atoms with E-state index in [9.17, 15) is 4.79 Å². The minimum Gasteiger partial charge on any atom is -0.379 e. The molecule has 0 radical (unpaired) electrons. The number of rotatable bonds is 5. The molecule has 1 aliphatic rings. The number of nitrogens with one attached hydrogen (secondary N) is 2. The third-order valence-electron chi connectivity index (χ3n) is 2.37. The monoisotopic (exact) mass is 226 g/mol. The zero-order valence-corrected chi connectivity index (χ0v) is 9.37. The second-order valence-corrected chi connectivity index (χ2v) is 3.58. The molecule has 0 aliphatic carbocycles. The molecule has 90 valence electrons. The van der Waals surface area contributed by atoms with Crippen molar-refractivity contribution in [1.82, 2.24) is 15.5 Å². The van der Waals surface area contributed by atoms with Gasteiger partial charge in [-0.3, -0.25) is 4.90 Å². The van der Waals surface area contributed by atoms with E-state index < -0.39 is 0 Å². The molecular formula is C10H18N4O2. The molecule has 1 fully saturated rings. The van der Waals surface area contributed by atoms with E-state index in [2.05, 4.69) is 15.5 Å². The van der Waals surface area contributed by atoms with E-state index >= 15 is 0 Å². The lowest BCUT2D eigenvalue weighted by Crippen LogP contribution is -2.40. The van der Waals surface area contributed by atoms with E-state index in [-0.39, 0.29) is 12.6 Å². The van der Waals surface area contributed by atoms with Crippen LogP contribution in [0.4, 0.5) is 4.79 Å². The molecule has 0 aromatic rings. The van der Waals surface area contributed by atoms with Gasteiger partial charge in [0.1, 0.15) is 6.54 Å². The SMILES string of the molecule is N#CCNC(=O)NCCCN1CCOCC1. The van der Waals surface area contributed by atoms with Gasteiger partial charge in [-0.1, -0.05) is 0 Å². The molecule has 0 atom stereocenters. The number of carbonyl (C=O) groups excluding carboxylic acids is 1. The van der Waals surface area contributed by atoms with E-state index in [1.54, 1.807) is 0 Å². The summed E-state index contributed by atoms with van der Waals surface area (Å²) in [6.07, 6.45) is 0.917. The fraction of sp³-hybridized carbons (Fsp3) is 0.800. The van der Waals surface area contributed by atoms with Crippen molar-refractivity contribution in [2.24, 2.45) is 0 Å². The Morgan fingerprint density at radius 1 is 1.38 bits per heavy atom. The molecule has 6 heteroatoms. The number of nitriles is 1. The van der Waals surface area contributed by atoms with Crippen LogP contribution in [0.2, 0.25) is 0 Å². The molecule has 0 saturated carbocycles. The van der Waals surface area contributed by atoms with Crippen LogP contribution in [0.5, 0.6) is 0 Å². The van der Waals surface area contributed by atoms with Crippen molar-refractivity contribution in [2.45, 2.75) is 6.42 Å². The summed E-state index contributed by atoms with van der Waals surface area (Å²) >= 11 is 0. The highest BCUT2D eigenvalue weighted by Crippen LogP contribution is 1.96. The average molecular weight is 226 g/mol. The maximum Gasteiger partial charge on any atom is 0.315 e. The molecule has 0 aromatic heterocycles. The normalized spacial score (nSPS) is 16.4. The van der Waals surface area contributed by atoms with Crippen LogP contribution in [-0.2, 0) is 4.74 Å². The number of amides is 2. The predicted molar refractivity (Wildman–Crippen MR) is 58.9 cm³/mol. The molecule has 2 amide bonds. The number of hydrogen-bond acceptors (Lipinski definition) is 4. The zero-order valence-electron chi connectivity index (χ0n) is 9.37. The van der Waals surface area contributed by atoms with Crippen molar-refractivity contribution in [3.05, 3.63) is 0 Å². The van der Waals surface area contributed by atoms with Gasteiger partial charge in [0.05, 0.1) is 19.3 Å². The highest BCUT2D eigenvalue weighted by molar-refractivity contribution is 5.73. The Kier molecular flexibility index (Phi) is 6.30. The average Bonchev–Trinajstić information content (AvgIpc) is 2.33. The van der Waals surface area contributed by atoms with Gasteiger partial charge in [0.15, 0.2) is 0 Å². The largest absolute Gasteiger partial charge is 0.379 e. The van der Waals surface area contributed by atoms with Crippen LogP contribution in [0.3, 0.4) is 0 Å². The second kappa shape index (κ2) is 7.91. The summed E-state index contributed by atoms with van der Waals surface area (Å²) in [5.74, 6) is 0. The highest BCUT2D eigenvalue weighted by atomic mass is 16.5. The third-order valence-corrected chi connectivity index (χ3v) is 2.37. The Balaban J connectivity index is 1.94. The van der Waals surface area contributed by atoms with E-state index in [4.69, 9.17) is 10.00 Å². The van der Waals surface area contributed by atoms with Crippen LogP contribution in [0.15, 0.2) is 0 Å². The third kappa shape index (κ3) is 5.53. The predicted octanol–water partition coefficient (Wildman–Crippen LogP) is -0.469. The first kappa shape index (κ1) is 12.7. The van der Waals surface area contributed by atoms with Gasteiger partial charge in [0, 0.05) is 19.6 Å². The van der Waals surface area contributed by atoms with E-state index in [0.29, 0.717) is 6.54 Å². The van der Waals surface area contributed by atoms with Crippen LogP contribution in [0.25, 0.3) is 0 Å². The Bertz CT molecular complexity index is 246. The second-order valence-electron chi connectivity index (χ2n) is 3.58. The van der Waals surface area contributed by atoms with Gasteiger partial charge in [-0.2, -0.15) is 5.26 Å². The van der Waals surface area contributed by atoms with Gasteiger partial charge in [-0.15, -0.1) is 0 Å². The lowest BCUT2D eigenvalue weighted by molar-refractivity contribution is 0.0375. The van der Waals surface area contributed by atoms with Gasteiger partial charge < -0.3 is 15.4 Å². The summed E-state index contributed by atoms with van der Waals surface area (Å²) < 4.78 is 5.24. The van der Waals surface area contributed by atoms with Gasteiger partial charge >= 0.3 is 6.03 Å². The minimum atomic E-state index is -0.275. The number of hydrogen-bond donors (Lipinski definition) is 2. The van der Waals surface area contributed by atoms with Crippen molar-refractivity contribution in [2.75, 3.05) is 45.9 Å². The molecule has 2 N–H and O–H groups in total. The number of morpholine rings is 1. The van der Waals surface area contributed by atoms with Crippen molar-refractivity contribution in [3.8, 4) is 6.07 Å². The Hall–Kier alpha value is -1.32. The molecule has 6 nitrogen and oxygen atoms in total. The first-order valence-electron chi connectivity index (χ1n) is 5.51. The number of ether oxygens (including phenoxy) is 1. The summed E-state index contributed by atoms with van der Waals surface area (Å²) in [6.45, 7) is 5.21. The molecule has 0 spiro atoms. The number of urea groups is 1. The highest BCUT2D eigenvalue weighted by Gasteiger charge is 2.09. The minimum absolute atomic E-state index is 0.0509. The number of nitrogens with zero attached hydrogens (tertiary/aromatic N) is 2. The lowest BCUT2D eigenvalue weighted by Gasteiger charge is -2.26. The summed E-state index contributed by atoms with van der Waals surface area (Å²) in [7, 11) is 0. The molecule has 1 heterocycles. The van der Waals surface area contributed by atoms with Crippen molar-refractivity contribution >= 4 is 6.03 Å². The van der Waals surface area contributed by atoms with Crippen molar-refractivity contribution < 1.29 is 9.53 Å². The van der Waals surface area contributed by atoms with Gasteiger partial charge in [0.2, 0.25) is 0 Å². The van der Waals surface area contributed by atoms with Crippen LogP contribution in [0, 0.1) is 11.3 Å². The molecule has 1 saturated heterocycles. The van der Waals surface area contributed by atoms with Gasteiger partial charge in [-0.25, -0.2) is 4.79 Å². The van der Waals surface area contributed by atoms with E-state index in [1.807, 2.05) is 6.07 Å². The first-order valence-corrected chi connectivity index (χ1v) is 5.51. The molecule has 0 unspecified atom stereocenters. The lowest BCUT2D eigenvalue weighted by atomic mass is 10.3. The fourth-order valence-electron chi connectivity index (χ4n) is 1.51. The summed E-state index contributed by atoms with van der Waals surface area (Å²) in [4.78, 5) is 13.4. The summed E-state index contributed by atoms with van der Waals surface area (Å²) in [6, 6.07) is 1.57. The smallest absolute Gasteiger partial charge is 0.315 e. The fourth-order valence-corrected chi connectivity index (χ4v) is 1.51. The summed E-state index contributed by atoms with van der Waals surface area (Å²) in [5.41, 5.74) is 0. The molecule has 1 rings (SSSR count). The van der Waals surface area contributed by atoms with Crippen molar-refractivity contribution in [1.29, 1.82) is 5.26 Å². The maximum atomic E-state index is 11.0. The Labute approximate surface area is 95.5 Å². The standard InChI is InChI=1S/C10H18N4O2/c11-2-4-13-10(15)12-3-1-5-14-6-8-16-9-7-14/h1,3-9H2,(H2,12,13,15).